The molecule has 0 aliphatic carbocycles. The van der Waals surface area contributed by atoms with E-state index >= 15 is 0 Å². The van der Waals surface area contributed by atoms with Crippen LogP contribution in [0.3, 0.4) is 0 Å². The predicted octanol–water partition coefficient (Wildman–Crippen LogP) is 1.62. The van der Waals surface area contributed by atoms with E-state index in [0.717, 1.165) is 51.7 Å². The molecule has 2 aliphatic rings. The Kier molecular flexibility index (Phi) is 5.02. The lowest BCUT2D eigenvalue weighted by Gasteiger charge is -2.41. The van der Waals surface area contributed by atoms with Crippen LogP contribution in [0.25, 0.3) is 0 Å². The second kappa shape index (κ2) is 6.57. The normalized spacial score (nSPS) is 31.1. The summed E-state index contributed by atoms with van der Waals surface area (Å²) in [6.45, 7) is 4.47. The number of likely N-dealkylation sites (tertiary alicyclic amines) is 1. The average Bonchev–Trinajstić information content (AvgIpc) is 2.45. The van der Waals surface area contributed by atoms with Gasteiger partial charge < -0.3 is 15.3 Å². The van der Waals surface area contributed by atoms with Gasteiger partial charge in [0.2, 0.25) is 5.91 Å². The molecule has 0 bridgehead atoms. The number of rotatable bonds is 4. The minimum Gasteiger partial charge on any atom is -0.481 e. The van der Waals surface area contributed by atoms with Crippen LogP contribution in [0.5, 0.6) is 0 Å². The van der Waals surface area contributed by atoms with Gasteiger partial charge >= 0.3 is 5.97 Å². The summed E-state index contributed by atoms with van der Waals surface area (Å²) in [7, 11) is 0. The summed E-state index contributed by atoms with van der Waals surface area (Å²) in [5.74, 6) is -0.192. The number of hydrogen-bond donors (Lipinski definition) is 2. The number of amides is 1. The van der Waals surface area contributed by atoms with Gasteiger partial charge in [0, 0.05) is 19.5 Å². The molecule has 5 nitrogen and oxygen atoms in total. The smallest absolute Gasteiger partial charge is 0.303 e. The van der Waals surface area contributed by atoms with Crippen molar-refractivity contribution in [2.24, 2.45) is 5.92 Å². The van der Waals surface area contributed by atoms with Gasteiger partial charge in [-0.25, -0.2) is 0 Å². The van der Waals surface area contributed by atoms with Crippen LogP contribution in [0.2, 0.25) is 0 Å². The SMILES string of the molecule is CC1(C(=O)N2CCCC(CCC(=O)O)C2)CCCCN1. The van der Waals surface area contributed by atoms with Crippen LogP contribution < -0.4 is 5.32 Å². The number of hydrogen-bond acceptors (Lipinski definition) is 3. The number of nitrogens with zero attached hydrogens (tertiary/aromatic N) is 1. The highest BCUT2D eigenvalue weighted by atomic mass is 16.4. The van der Waals surface area contributed by atoms with Gasteiger partial charge in [0.15, 0.2) is 0 Å². The van der Waals surface area contributed by atoms with E-state index in [2.05, 4.69) is 5.32 Å². The summed E-state index contributed by atoms with van der Waals surface area (Å²) in [6.07, 6.45) is 6.08. The van der Waals surface area contributed by atoms with Gasteiger partial charge in [-0.1, -0.05) is 0 Å². The Balaban J connectivity index is 1.90. The number of carbonyl (C=O) groups excluding carboxylic acids is 1. The minimum atomic E-state index is -0.741. The zero-order valence-electron chi connectivity index (χ0n) is 12.4. The van der Waals surface area contributed by atoms with Crippen molar-refractivity contribution in [3.8, 4) is 0 Å². The molecule has 0 spiro atoms. The van der Waals surface area contributed by atoms with E-state index < -0.39 is 11.5 Å². The first kappa shape index (κ1) is 15.3. The fraction of sp³-hybridized carbons (Fsp3) is 0.867. The van der Waals surface area contributed by atoms with Crippen molar-refractivity contribution in [2.45, 2.75) is 57.4 Å². The fourth-order valence-electron chi connectivity index (χ4n) is 3.40. The molecule has 2 unspecified atom stereocenters. The summed E-state index contributed by atoms with van der Waals surface area (Å²) in [5.41, 5.74) is -0.410. The third-order valence-corrected chi connectivity index (χ3v) is 4.66. The number of carboxylic acids is 1. The summed E-state index contributed by atoms with van der Waals surface area (Å²) >= 11 is 0. The lowest BCUT2D eigenvalue weighted by Crippen LogP contribution is -2.59. The van der Waals surface area contributed by atoms with Gasteiger partial charge in [0.25, 0.3) is 0 Å². The van der Waals surface area contributed by atoms with Crippen molar-refractivity contribution in [1.29, 1.82) is 0 Å². The van der Waals surface area contributed by atoms with Gasteiger partial charge in [-0.3, -0.25) is 9.59 Å². The summed E-state index contributed by atoms with van der Waals surface area (Å²) in [4.78, 5) is 25.3. The maximum Gasteiger partial charge on any atom is 0.303 e. The average molecular weight is 282 g/mol. The first-order valence-electron chi connectivity index (χ1n) is 7.77. The van der Waals surface area contributed by atoms with Crippen molar-refractivity contribution in [2.75, 3.05) is 19.6 Å². The monoisotopic (exact) mass is 282 g/mol. The highest BCUT2D eigenvalue weighted by molar-refractivity contribution is 5.86. The first-order chi connectivity index (χ1) is 9.51. The molecule has 2 heterocycles. The third kappa shape index (κ3) is 3.72. The highest BCUT2D eigenvalue weighted by Crippen LogP contribution is 2.26. The number of carbonyl (C=O) groups is 2. The van der Waals surface area contributed by atoms with Gasteiger partial charge in [-0.05, 0) is 57.9 Å². The first-order valence-corrected chi connectivity index (χ1v) is 7.77. The zero-order valence-corrected chi connectivity index (χ0v) is 12.4. The van der Waals surface area contributed by atoms with Crippen LogP contribution in [0.4, 0.5) is 0 Å². The van der Waals surface area contributed by atoms with Gasteiger partial charge in [-0.2, -0.15) is 0 Å². The second-order valence-electron chi connectivity index (χ2n) is 6.41. The molecule has 2 aliphatic heterocycles. The molecular formula is C15H26N2O3. The molecule has 20 heavy (non-hydrogen) atoms. The number of carboxylic acid groups (broad SMARTS) is 1. The van der Waals surface area contributed by atoms with E-state index in [0.29, 0.717) is 12.3 Å². The van der Waals surface area contributed by atoms with Gasteiger partial charge in [0.05, 0.1) is 5.54 Å². The zero-order chi connectivity index (χ0) is 14.6. The maximum absolute atomic E-state index is 12.7. The Labute approximate surface area is 120 Å². The van der Waals surface area contributed by atoms with Crippen LogP contribution >= 0.6 is 0 Å². The van der Waals surface area contributed by atoms with Crippen LogP contribution in [0.15, 0.2) is 0 Å². The lowest BCUT2D eigenvalue weighted by atomic mass is 9.87. The molecule has 1 amide bonds. The maximum atomic E-state index is 12.7. The molecule has 2 fully saturated rings. The van der Waals surface area contributed by atoms with E-state index in [4.69, 9.17) is 5.11 Å². The van der Waals surface area contributed by atoms with Crippen molar-refractivity contribution >= 4 is 11.9 Å². The minimum absolute atomic E-state index is 0.206. The van der Waals surface area contributed by atoms with Gasteiger partial charge in [-0.15, -0.1) is 0 Å². The molecule has 0 aromatic heterocycles. The quantitative estimate of drug-likeness (QED) is 0.822. The number of nitrogens with one attached hydrogen (secondary N) is 1. The largest absolute Gasteiger partial charge is 0.481 e. The summed E-state index contributed by atoms with van der Waals surface area (Å²) < 4.78 is 0. The molecule has 2 atom stereocenters. The molecule has 0 aromatic rings. The Bertz CT molecular complexity index is 364. The van der Waals surface area contributed by atoms with Crippen LogP contribution in [0, 0.1) is 5.92 Å². The number of piperidine rings is 2. The van der Waals surface area contributed by atoms with Crippen molar-refractivity contribution in [3.63, 3.8) is 0 Å². The van der Waals surface area contributed by atoms with Crippen molar-refractivity contribution in [1.82, 2.24) is 10.2 Å². The predicted molar refractivity (Wildman–Crippen MR) is 76.4 cm³/mol. The molecule has 5 heteroatoms. The molecule has 2 rings (SSSR count). The van der Waals surface area contributed by atoms with Crippen LogP contribution in [0.1, 0.15) is 51.9 Å². The van der Waals surface area contributed by atoms with E-state index in [-0.39, 0.29) is 12.3 Å². The van der Waals surface area contributed by atoms with Crippen molar-refractivity contribution < 1.29 is 14.7 Å². The molecule has 2 N–H and O–H groups in total. The second-order valence-corrected chi connectivity index (χ2v) is 6.41. The topological polar surface area (TPSA) is 69.6 Å². The lowest BCUT2D eigenvalue weighted by molar-refractivity contribution is -0.140. The fourth-order valence-corrected chi connectivity index (χ4v) is 3.40. The molecule has 2 saturated heterocycles. The van der Waals surface area contributed by atoms with E-state index in [9.17, 15) is 9.59 Å². The molecule has 0 radical (unpaired) electrons. The highest BCUT2D eigenvalue weighted by Gasteiger charge is 2.38. The molecule has 0 saturated carbocycles. The van der Waals surface area contributed by atoms with Crippen molar-refractivity contribution in [3.05, 3.63) is 0 Å². The van der Waals surface area contributed by atoms with E-state index in [1.54, 1.807) is 0 Å². The Morgan fingerprint density at radius 3 is 2.80 bits per heavy atom. The van der Waals surface area contributed by atoms with Crippen LogP contribution in [-0.4, -0.2) is 47.1 Å². The third-order valence-electron chi connectivity index (χ3n) is 4.66. The van der Waals surface area contributed by atoms with Gasteiger partial charge in [0.1, 0.15) is 0 Å². The Morgan fingerprint density at radius 1 is 1.35 bits per heavy atom. The summed E-state index contributed by atoms with van der Waals surface area (Å²) in [6, 6.07) is 0. The Morgan fingerprint density at radius 2 is 2.15 bits per heavy atom. The summed E-state index contributed by atoms with van der Waals surface area (Å²) in [5, 5.41) is 12.1. The van der Waals surface area contributed by atoms with E-state index in [1.165, 1.54) is 0 Å². The Hall–Kier alpha value is -1.10. The molecular weight excluding hydrogens is 256 g/mol. The molecule has 0 aromatic carbocycles. The number of aliphatic carboxylic acids is 1. The van der Waals surface area contributed by atoms with E-state index in [1.807, 2.05) is 11.8 Å². The standard InChI is InChI=1S/C15H26N2O3/c1-15(8-2-3-9-16-15)14(20)17-10-4-5-12(11-17)6-7-13(18)19/h12,16H,2-11H2,1H3,(H,18,19). The van der Waals surface area contributed by atoms with Crippen LogP contribution in [-0.2, 0) is 9.59 Å². The molecule has 114 valence electrons.